The molecule has 21 heavy (non-hydrogen) atoms. The van der Waals surface area contributed by atoms with E-state index >= 15 is 0 Å². The van der Waals surface area contributed by atoms with Gasteiger partial charge in [0.25, 0.3) is 0 Å². The van der Waals surface area contributed by atoms with Gasteiger partial charge in [-0.15, -0.1) is 0 Å². The normalized spacial score (nSPS) is 11.1. The Bertz CT molecular complexity index is 599. The molecule has 1 N–H and O–H groups in total. The molecule has 1 aromatic rings. The van der Waals surface area contributed by atoms with Crippen molar-refractivity contribution < 1.29 is 22.9 Å². The summed E-state index contributed by atoms with van der Waals surface area (Å²) in [7, 11) is -3.80. The Morgan fingerprint density at radius 1 is 1.48 bits per heavy atom. The van der Waals surface area contributed by atoms with Crippen molar-refractivity contribution in [2.75, 3.05) is 13.2 Å². The Labute approximate surface area is 121 Å². The summed E-state index contributed by atoms with van der Waals surface area (Å²) in [6, 6.07) is 2.10. The van der Waals surface area contributed by atoms with E-state index in [2.05, 4.69) is 9.71 Å². The predicted molar refractivity (Wildman–Crippen MR) is 71.9 cm³/mol. The quantitative estimate of drug-likeness (QED) is 0.322. The Morgan fingerprint density at radius 2 is 2.19 bits per heavy atom. The fourth-order valence-corrected chi connectivity index (χ4v) is 2.41. The minimum Gasteiger partial charge on any atom is -0.466 e. The molecule has 0 atom stereocenters. The maximum absolute atomic E-state index is 11.8. The molecule has 116 valence electrons. The number of hydrogen-bond acceptors (Lipinski definition) is 7. The highest BCUT2D eigenvalue weighted by atomic mass is 32.2. The lowest BCUT2D eigenvalue weighted by atomic mass is 10.3. The molecule has 0 aliphatic heterocycles. The van der Waals surface area contributed by atoms with Crippen molar-refractivity contribution in [2.24, 2.45) is 0 Å². The van der Waals surface area contributed by atoms with E-state index in [1.54, 1.807) is 6.92 Å². The number of sulfonamides is 1. The fraction of sp³-hybridized carbons (Fsp3) is 0.455. The van der Waals surface area contributed by atoms with Gasteiger partial charge in [-0.25, -0.2) is 13.1 Å². The molecule has 1 aromatic heterocycles. The van der Waals surface area contributed by atoms with Crippen LogP contribution in [0.25, 0.3) is 0 Å². The molecule has 9 nitrogen and oxygen atoms in total. The average molecular weight is 317 g/mol. The molecule has 0 aliphatic carbocycles. The first-order valence-electron chi connectivity index (χ1n) is 6.12. The zero-order valence-electron chi connectivity index (χ0n) is 11.3. The highest BCUT2D eigenvalue weighted by molar-refractivity contribution is 7.89. The largest absolute Gasteiger partial charge is 0.466 e. The smallest absolute Gasteiger partial charge is 0.363 e. The molecule has 0 radical (unpaired) electrons. The number of carbonyl (C=O) groups is 1. The number of pyridine rings is 1. The summed E-state index contributed by atoms with van der Waals surface area (Å²) in [6.45, 7) is 2.01. The number of ether oxygens (including phenoxy) is 1. The number of nitrogens with zero attached hydrogens (tertiary/aromatic N) is 2. The number of nitrogens with one attached hydrogen (secondary N) is 1. The predicted octanol–water partition coefficient (Wildman–Crippen LogP) is 0.611. The summed E-state index contributed by atoms with van der Waals surface area (Å²) >= 11 is 0. The van der Waals surface area contributed by atoms with E-state index in [1.165, 1.54) is 0 Å². The van der Waals surface area contributed by atoms with Crippen molar-refractivity contribution in [3.63, 3.8) is 0 Å². The monoisotopic (exact) mass is 317 g/mol. The molecule has 0 fully saturated rings. The molecule has 0 bridgehead atoms. The first-order chi connectivity index (χ1) is 9.86. The highest BCUT2D eigenvalue weighted by Gasteiger charge is 2.17. The fourth-order valence-electron chi connectivity index (χ4n) is 1.40. The van der Waals surface area contributed by atoms with Gasteiger partial charge in [-0.05, 0) is 29.3 Å². The highest BCUT2D eigenvalue weighted by Crippen LogP contribution is 2.12. The van der Waals surface area contributed by atoms with Gasteiger partial charge in [-0.1, -0.05) is 0 Å². The van der Waals surface area contributed by atoms with Crippen LogP contribution in [0.1, 0.15) is 19.8 Å². The first-order valence-corrected chi connectivity index (χ1v) is 7.61. The minimum absolute atomic E-state index is 0.0537. The molecule has 10 heteroatoms. The van der Waals surface area contributed by atoms with Gasteiger partial charge in [0.05, 0.1) is 6.61 Å². The molecule has 0 aromatic carbocycles. The van der Waals surface area contributed by atoms with Crippen molar-refractivity contribution in [2.45, 2.75) is 24.7 Å². The minimum atomic E-state index is -3.80. The van der Waals surface area contributed by atoms with Crippen LogP contribution in [0.5, 0.6) is 0 Å². The van der Waals surface area contributed by atoms with E-state index < -0.39 is 26.7 Å². The van der Waals surface area contributed by atoms with Gasteiger partial charge in [-0.2, -0.15) is 0 Å². The van der Waals surface area contributed by atoms with Crippen molar-refractivity contribution in [3.8, 4) is 0 Å². The lowest BCUT2D eigenvalue weighted by Crippen LogP contribution is -2.25. The van der Waals surface area contributed by atoms with Crippen LogP contribution in [0, 0.1) is 10.1 Å². The average Bonchev–Trinajstić information content (AvgIpc) is 2.44. The third-order valence-corrected chi connectivity index (χ3v) is 3.82. The SMILES string of the molecule is CCOC(=O)CCCNS(=O)(=O)c1ccc([N+](=O)[O-])nc1. The van der Waals surface area contributed by atoms with Crippen molar-refractivity contribution >= 4 is 21.8 Å². The summed E-state index contributed by atoms with van der Waals surface area (Å²) in [6.07, 6.45) is 1.30. The molecule has 0 saturated heterocycles. The standard InChI is InChI=1S/C11H15N3O6S/c1-2-20-11(15)4-3-7-13-21(18,19)9-5-6-10(12-8-9)14(16)17/h5-6,8,13H,2-4,7H2,1H3. The van der Waals surface area contributed by atoms with E-state index in [1.807, 2.05) is 0 Å². The Hall–Kier alpha value is -2.07. The van der Waals surface area contributed by atoms with Gasteiger partial charge < -0.3 is 14.9 Å². The number of esters is 1. The van der Waals surface area contributed by atoms with E-state index in [4.69, 9.17) is 4.74 Å². The summed E-state index contributed by atoms with van der Waals surface area (Å²) < 4.78 is 30.7. The molecule has 0 unspecified atom stereocenters. The molecule has 1 heterocycles. The topological polar surface area (TPSA) is 128 Å². The van der Waals surface area contributed by atoms with Crippen LogP contribution in [0.2, 0.25) is 0 Å². The van der Waals surface area contributed by atoms with Crippen LogP contribution in [0.3, 0.4) is 0 Å². The number of carbonyl (C=O) groups excluding carboxylic acids is 1. The molecule has 0 saturated carbocycles. The van der Waals surface area contributed by atoms with E-state index in [0.29, 0.717) is 6.42 Å². The molecular formula is C11H15N3O6S. The second-order valence-electron chi connectivity index (χ2n) is 3.92. The second-order valence-corrected chi connectivity index (χ2v) is 5.68. The maximum atomic E-state index is 11.8. The van der Waals surface area contributed by atoms with Crippen LogP contribution < -0.4 is 4.72 Å². The van der Waals surface area contributed by atoms with Gasteiger partial charge in [0.2, 0.25) is 10.0 Å². The van der Waals surface area contributed by atoms with Crippen LogP contribution >= 0.6 is 0 Å². The number of hydrogen-bond donors (Lipinski definition) is 1. The van der Waals surface area contributed by atoms with Crippen molar-refractivity contribution in [1.29, 1.82) is 0 Å². The van der Waals surface area contributed by atoms with E-state index in [0.717, 1.165) is 18.3 Å². The van der Waals surface area contributed by atoms with Gasteiger partial charge in [-0.3, -0.25) is 4.79 Å². The first kappa shape index (κ1) is 17.0. The van der Waals surface area contributed by atoms with Crippen molar-refractivity contribution in [1.82, 2.24) is 9.71 Å². The summed E-state index contributed by atoms with van der Waals surface area (Å²) in [5.41, 5.74) is 0. The van der Waals surface area contributed by atoms with Crippen LogP contribution in [0.4, 0.5) is 5.82 Å². The Kier molecular flexibility index (Phi) is 6.18. The van der Waals surface area contributed by atoms with E-state index in [9.17, 15) is 23.3 Å². The number of rotatable bonds is 8. The molecule has 0 amide bonds. The van der Waals surface area contributed by atoms with Crippen LogP contribution in [-0.4, -0.2) is 37.4 Å². The zero-order valence-corrected chi connectivity index (χ0v) is 12.1. The lowest BCUT2D eigenvalue weighted by molar-refractivity contribution is -0.389. The third kappa shape index (κ3) is 5.44. The Morgan fingerprint density at radius 3 is 2.71 bits per heavy atom. The molecule has 0 aliphatic rings. The second kappa shape index (κ2) is 7.64. The lowest BCUT2D eigenvalue weighted by Gasteiger charge is -2.05. The number of nitro groups is 1. The van der Waals surface area contributed by atoms with Gasteiger partial charge in [0.15, 0.2) is 6.20 Å². The number of aromatic nitrogens is 1. The molecule has 0 spiro atoms. The molecular weight excluding hydrogens is 302 g/mol. The van der Waals surface area contributed by atoms with Gasteiger partial charge in [0.1, 0.15) is 4.90 Å². The van der Waals surface area contributed by atoms with Crippen LogP contribution in [0.15, 0.2) is 23.2 Å². The van der Waals surface area contributed by atoms with Crippen LogP contribution in [-0.2, 0) is 19.6 Å². The summed E-state index contributed by atoms with van der Waals surface area (Å²) in [4.78, 5) is 24.0. The van der Waals surface area contributed by atoms with Gasteiger partial charge in [0, 0.05) is 19.0 Å². The summed E-state index contributed by atoms with van der Waals surface area (Å²) in [5.74, 6) is -0.829. The van der Waals surface area contributed by atoms with E-state index in [-0.39, 0.29) is 24.5 Å². The van der Waals surface area contributed by atoms with Crippen molar-refractivity contribution in [3.05, 3.63) is 28.4 Å². The zero-order chi connectivity index (χ0) is 15.9. The Balaban J connectivity index is 2.53. The third-order valence-electron chi connectivity index (χ3n) is 2.37. The van der Waals surface area contributed by atoms with Gasteiger partial charge >= 0.3 is 11.8 Å². The molecule has 1 rings (SSSR count). The maximum Gasteiger partial charge on any atom is 0.363 e. The summed E-state index contributed by atoms with van der Waals surface area (Å²) in [5, 5.41) is 10.4.